The third kappa shape index (κ3) is 2.64. The van der Waals surface area contributed by atoms with Gasteiger partial charge in [0.05, 0.1) is 12.5 Å². The average molecular weight is 348 g/mol. The van der Waals surface area contributed by atoms with Crippen LogP contribution in [0.5, 0.6) is 5.88 Å². The van der Waals surface area contributed by atoms with E-state index in [0.29, 0.717) is 48.5 Å². The van der Waals surface area contributed by atoms with Crippen molar-refractivity contribution >= 4 is 17.4 Å². The number of amides is 1. The lowest BCUT2D eigenvalue weighted by molar-refractivity contribution is -0.155. The van der Waals surface area contributed by atoms with Gasteiger partial charge in [0.1, 0.15) is 17.7 Å². The lowest BCUT2D eigenvalue weighted by atomic mass is 9.48. The topological polar surface area (TPSA) is 67.4 Å². The molecular formula is C18H25FN4O2. The van der Waals surface area contributed by atoms with Crippen LogP contribution in [0.25, 0.3) is 0 Å². The van der Waals surface area contributed by atoms with Crippen molar-refractivity contribution < 1.29 is 13.9 Å². The van der Waals surface area contributed by atoms with E-state index in [1.165, 1.54) is 13.4 Å². The first-order valence-corrected chi connectivity index (χ1v) is 8.91. The number of carbonyl (C=O) groups is 1. The van der Waals surface area contributed by atoms with Crippen molar-refractivity contribution in [3.63, 3.8) is 0 Å². The van der Waals surface area contributed by atoms with Gasteiger partial charge in [0, 0.05) is 14.1 Å². The Morgan fingerprint density at radius 2 is 1.96 bits per heavy atom. The Balaban J connectivity index is 1.65. The van der Waals surface area contributed by atoms with E-state index in [9.17, 15) is 4.79 Å². The summed E-state index contributed by atoms with van der Waals surface area (Å²) in [5.74, 6) is 1.46. The van der Waals surface area contributed by atoms with Gasteiger partial charge in [0.15, 0.2) is 5.82 Å². The zero-order valence-electron chi connectivity index (χ0n) is 15.0. The largest absolute Gasteiger partial charge is 0.479 e. The summed E-state index contributed by atoms with van der Waals surface area (Å²) in [6.07, 6.45) is 5.64. The molecule has 0 aromatic carbocycles. The summed E-state index contributed by atoms with van der Waals surface area (Å²) < 4.78 is 20.5. The van der Waals surface area contributed by atoms with Crippen molar-refractivity contribution in [1.82, 2.24) is 9.97 Å². The van der Waals surface area contributed by atoms with E-state index < -0.39 is 11.1 Å². The zero-order chi connectivity index (χ0) is 17.8. The molecule has 0 unspecified atom stereocenters. The van der Waals surface area contributed by atoms with E-state index in [2.05, 4.69) is 15.3 Å². The van der Waals surface area contributed by atoms with Crippen LogP contribution in [0, 0.1) is 17.3 Å². The van der Waals surface area contributed by atoms with E-state index in [4.69, 9.17) is 4.74 Å². The lowest BCUT2D eigenvalue weighted by Gasteiger charge is -2.58. The predicted molar refractivity (Wildman–Crippen MR) is 92.5 cm³/mol. The van der Waals surface area contributed by atoms with Crippen LogP contribution in [0.4, 0.5) is 15.9 Å². The number of hydrogen-bond donors (Lipinski definition) is 1. The van der Waals surface area contributed by atoms with Gasteiger partial charge in [-0.05, 0) is 50.4 Å². The fourth-order valence-electron chi connectivity index (χ4n) is 5.63. The molecule has 2 atom stereocenters. The summed E-state index contributed by atoms with van der Waals surface area (Å²) in [6, 6.07) is 0. The van der Waals surface area contributed by atoms with Crippen LogP contribution >= 0.6 is 0 Å². The molecule has 4 fully saturated rings. The maximum atomic E-state index is 15.1. The van der Waals surface area contributed by atoms with Gasteiger partial charge < -0.3 is 15.0 Å². The van der Waals surface area contributed by atoms with Gasteiger partial charge in [0.2, 0.25) is 11.8 Å². The lowest BCUT2D eigenvalue weighted by Crippen LogP contribution is -2.57. The van der Waals surface area contributed by atoms with Crippen LogP contribution in [0.1, 0.15) is 38.5 Å². The van der Waals surface area contributed by atoms with Gasteiger partial charge in [-0.3, -0.25) is 4.79 Å². The molecule has 0 aliphatic heterocycles. The van der Waals surface area contributed by atoms with E-state index in [1.54, 1.807) is 4.90 Å². The third-order valence-electron chi connectivity index (χ3n) is 6.12. The number of nitrogens with zero attached hydrogens (tertiary/aromatic N) is 3. The van der Waals surface area contributed by atoms with Gasteiger partial charge in [-0.15, -0.1) is 0 Å². The van der Waals surface area contributed by atoms with Crippen LogP contribution in [0.3, 0.4) is 0 Å². The number of nitrogens with one attached hydrogen (secondary N) is 1. The minimum atomic E-state index is -1.16. The van der Waals surface area contributed by atoms with Crippen molar-refractivity contribution in [2.45, 2.75) is 44.2 Å². The molecule has 0 spiro atoms. The number of ether oxygens (including phenoxy) is 1. The highest BCUT2D eigenvalue weighted by Crippen LogP contribution is 2.63. The maximum Gasteiger partial charge on any atom is 0.242 e. The Hall–Kier alpha value is -1.92. The number of anilines is 2. The van der Waals surface area contributed by atoms with Crippen molar-refractivity contribution in [2.24, 2.45) is 17.3 Å². The normalized spacial score (nSPS) is 35.5. The third-order valence-corrected chi connectivity index (χ3v) is 6.12. The van der Waals surface area contributed by atoms with Gasteiger partial charge in [-0.25, -0.2) is 9.37 Å². The number of methoxy groups -OCH3 is 1. The molecule has 4 aliphatic rings. The van der Waals surface area contributed by atoms with Gasteiger partial charge in [0.25, 0.3) is 0 Å². The van der Waals surface area contributed by atoms with Gasteiger partial charge in [-0.2, -0.15) is 4.98 Å². The first-order valence-electron chi connectivity index (χ1n) is 8.91. The molecule has 4 aliphatic carbocycles. The standard InChI is InChI=1S/C18H25FN4O2/c1-23(2)14-13(15(25-3)21-10-20-14)22-16(24)17-5-11-4-12(6-17)8-18(19,7-11)9-17/h10-12H,4-9H2,1-3H3,(H,22,24)/t11-,12-,17?,18?/m1/s1. The fraction of sp³-hybridized carbons (Fsp3) is 0.722. The molecule has 1 amide bonds. The molecule has 0 radical (unpaired) electrons. The van der Waals surface area contributed by atoms with Crippen LogP contribution in [0.2, 0.25) is 0 Å². The highest BCUT2D eigenvalue weighted by atomic mass is 19.1. The second-order valence-electron chi connectivity index (χ2n) is 8.32. The minimum absolute atomic E-state index is 0.111. The van der Waals surface area contributed by atoms with Crippen LogP contribution in [-0.4, -0.2) is 42.7 Å². The molecule has 4 saturated carbocycles. The molecule has 6 nitrogen and oxygen atoms in total. The number of carbonyl (C=O) groups excluding carboxylic acids is 1. The van der Waals surface area contributed by atoms with Gasteiger partial charge in [-0.1, -0.05) is 0 Å². The molecule has 0 saturated heterocycles. The first kappa shape index (κ1) is 16.5. The highest BCUT2D eigenvalue weighted by molar-refractivity contribution is 5.99. The number of alkyl halides is 1. The molecule has 4 bridgehead atoms. The van der Waals surface area contributed by atoms with Crippen LogP contribution < -0.4 is 15.0 Å². The smallest absolute Gasteiger partial charge is 0.242 e. The Morgan fingerprint density at radius 1 is 1.28 bits per heavy atom. The molecular weight excluding hydrogens is 323 g/mol. The quantitative estimate of drug-likeness (QED) is 0.906. The monoisotopic (exact) mass is 348 g/mol. The molecule has 5 rings (SSSR count). The van der Waals surface area contributed by atoms with E-state index >= 15 is 4.39 Å². The summed E-state index contributed by atoms with van der Waals surface area (Å²) in [6.45, 7) is 0. The molecule has 136 valence electrons. The SMILES string of the molecule is COc1ncnc(N(C)C)c1NC(=O)C12C[C@H]3C[C@@H](CC(F)(C3)C1)C2. The number of hydrogen-bond acceptors (Lipinski definition) is 5. The Morgan fingerprint density at radius 3 is 2.52 bits per heavy atom. The fourth-order valence-corrected chi connectivity index (χ4v) is 5.63. The predicted octanol–water partition coefficient (Wildman–Crippen LogP) is 2.80. The van der Waals surface area contributed by atoms with Gasteiger partial charge >= 0.3 is 0 Å². The van der Waals surface area contributed by atoms with Crippen molar-refractivity contribution in [3.05, 3.63) is 6.33 Å². The Bertz CT molecular complexity index is 694. The molecule has 1 aromatic rings. The Labute approximate surface area is 147 Å². The number of aromatic nitrogens is 2. The van der Waals surface area contributed by atoms with E-state index in [0.717, 1.165) is 19.3 Å². The van der Waals surface area contributed by atoms with E-state index in [-0.39, 0.29) is 5.91 Å². The summed E-state index contributed by atoms with van der Waals surface area (Å²) in [5, 5.41) is 2.99. The molecule has 1 heterocycles. The van der Waals surface area contributed by atoms with Crippen molar-refractivity contribution in [3.8, 4) is 5.88 Å². The maximum absolute atomic E-state index is 15.1. The zero-order valence-corrected chi connectivity index (χ0v) is 15.0. The molecule has 25 heavy (non-hydrogen) atoms. The van der Waals surface area contributed by atoms with Crippen molar-refractivity contribution in [2.75, 3.05) is 31.4 Å². The highest BCUT2D eigenvalue weighted by Gasteiger charge is 2.61. The second kappa shape index (κ2) is 5.54. The van der Waals surface area contributed by atoms with Crippen LogP contribution in [0.15, 0.2) is 6.33 Å². The van der Waals surface area contributed by atoms with Crippen molar-refractivity contribution in [1.29, 1.82) is 0 Å². The molecule has 1 aromatic heterocycles. The van der Waals surface area contributed by atoms with E-state index in [1.807, 2.05) is 14.1 Å². The second-order valence-corrected chi connectivity index (χ2v) is 8.32. The summed E-state index contributed by atoms with van der Waals surface area (Å²) in [7, 11) is 5.20. The Kier molecular flexibility index (Phi) is 3.67. The number of halogens is 1. The molecule has 7 heteroatoms. The van der Waals surface area contributed by atoms with Crippen LogP contribution in [-0.2, 0) is 4.79 Å². The summed E-state index contributed by atoms with van der Waals surface area (Å²) in [4.78, 5) is 23.4. The first-order chi connectivity index (χ1) is 11.8. The number of rotatable bonds is 4. The summed E-state index contributed by atoms with van der Waals surface area (Å²) >= 11 is 0. The molecule has 1 N–H and O–H groups in total. The average Bonchev–Trinajstić information content (AvgIpc) is 2.52. The minimum Gasteiger partial charge on any atom is -0.479 e. The summed E-state index contributed by atoms with van der Waals surface area (Å²) in [5.41, 5.74) is -1.31.